The van der Waals surface area contributed by atoms with Gasteiger partial charge in [0.25, 0.3) is 0 Å². The molecule has 0 saturated heterocycles. The normalized spacial score (nSPS) is 12.0. The Morgan fingerprint density at radius 2 is 1.76 bits per heavy atom. The number of Topliss-reactive ketones (excluding diaryl/α,β-unsaturated/α-hetero) is 1. The SMILES string of the molecule is CC(C)(C)C(=O)C(=Nc1ccc(Cl)cc1F)NNc1cccc(Cl)c1. The Kier molecular flexibility index (Phi) is 6.03. The summed E-state index contributed by atoms with van der Waals surface area (Å²) in [6, 6.07) is 11.0. The van der Waals surface area contributed by atoms with Gasteiger partial charge < -0.3 is 0 Å². The van der Waals surface area contributed by atoms with Crippen LogP contribution in [0.4, 0.5) is 15.8 Å². The molecule has 0 radical (unpaired) electrons. The number of carbonyl (C=O) groups excluding carboxylic acids is 1. The minimum absolute atomic E-state index is 0.0115. The third-order valence-corrected chi connectivity index (χ3v) is 3.66. The first-order chi connectivity index (χ1) is 11.7. The van der Waals surface area contributed by atoms with E-state index in [9.17, 15) is 9.18 Å². The van der Waals surface area contributed by atoms with Crippen LogP contribution in [0.15, 0.2) is 47.5 Å². The Morgan fingerprint density at radius 3 is 2.36 bits per heavy atom. The van der Waals surface area contributed by atoms with E-state index in [4.69, 9.17) is 23.2 Å². The molecule has 0 spiro atoms. The molecule has 0 atom stereocenters. The number of rotatable bonds is 4. The Hall–Kier alpha value is -2.11. The van der Waals surface area contributed by atoms with Gasteiger partial charge in [0.1, 0.15) is 11.5 Å². The van der Waals surface area contributed by atoms with Crippen LogP contribution in [0.5, 0.6) is 0 Å². The molecule has 0 heterocycles. The molecule has 0 saturated carbocycles. The van der Waals surface area contributed by atoms with Gasteiger partial charge in [-0.25, -0.2) is 9.38 Å². The topological polar surface area (TPSA) is 53.5 Å². The minimum Gasteiger partial charge on any atom is -0.299 e. The fourth-order valence-electron chi connectivity index (χ4n) is 1.88. The molecule has 0 amide bonds. The van der Waals surface area contributed by atoms with Crippen molar-refractivity contribution >= 4 is 46.2 Å². The number of carbonyl (C=O) groups is 1. The number of nitrogens with zero attached hydrogens (tertiary/aromatic N) is 1. The van der Waals surface area contributed by atoms with Crippen molar-refractivity contribution in [1.29, 1.82) is 0 Å². The van der Waals surface area contributed by atoms with E-state index in [1.807, 2.05) is 0 Å². The minimum atomic E-state index is -0.704. The molecule has 0 bridgehead atoms. The van der Waals surface area contributed by atoms with E-state index in [2.05, 4.69) is 15.8 Å². The molecule has 0 aromatic heterocycles. The van der Waals surface area contributed by atoms with Gasteiger partial charge in [0.2, 0.25) is 5.78 Å². The molecule has 25 heavy (non-hydrogen) atoms. The molecule has 2 N–H and O–H groups in total. The largest absolute Gasteiger partial charge is 0.299 e. The van der Waals surface area contributed by atoms with E-state index in [1.165, 1.54) is 12.1 Å². The number of anilines is 1. The van der Waals surface area contributed by atoms with Crippen LogP contribution >= 0.6 is 23.2 Å². The predicted molar refractivity (Wildman–Crippen MR) is 101 cm³/mol. The van der Waals surface area contributed by atoms with Crippen LogP contribution in [0.3, 0.4) is 0 Å². The van der Waals surface area contributed by atoms with Crippen LogP contribution in [-0.4, -0.2) is 11.6 Å². The maximum Gasteiger partial charge on any atom is 0.204 e. The predicted octanol–water partition coefficient (Wildman–Crippen LogP) is 5.39. The van der Waals surface area contributed by atoms with Crippen LogP contribution in [0.2, 0.25) is 10.0 Å². The van der Waals surface area contributed by atoms with Gasteiger partial charge in [0, 0.05) is 15.5 Å². The third-order valence-electron chi connectivity index (χ3n) is 3.19. The van der Waals surface area contributed by atoms with Gasteiger partial charge in [-0.2, -0.15) is 0 Å². The number of hydrazine groups is 1. The van der Waals surface area contributed by atoms with Gasteiger partial charge in [0.15, 0.2) is 5.84 Å². The lowest BCUT2D eigenvalue weighted by Gasteiger charge is -2.20. The van der Waals surface area contributed by atoms with Gasteiger partial charge in [-0.3, -0.25) is 15.6 Å². The summed E-state index contributed by atoms with van der Waals surface area (Å²) in [5, 5.41) is 0.793. The van der Waals surface area contributed by atoms with E-state index in [1.54, 1.807) is 45.0 Å². The average Bonchev–Trinajstić information content (AvgIpc) is 2.52. The highest BCUT2D eigenvalue weighted by atomic mass is 35.5. The van der Waals surface area contributed by atoms with Crippen molar-refractivity contribution < 1.29 is 9.18 Å². The first-order valence-electron chi connectivity index (χ1n) is 7.53. The fraction of sp³-hybridized carbons (Fsp3) is 0.222. The van der Waals surface area contributed by atoms with E-state index in [-0.39, 0.29) is 22.3 Å². The lowest BCUT2D eigenvalue weighted by molar-refractivity contribution is -0.119. The first kappa shape index (κ1) is 19.2. The van der Waals surface area contributed by atoms with Crippen LogP contribution in [0.25, 0.3) is 0 Å². The van der Waals surface area contributed by atoms with E-state index >= 15 is 0 Å². The van der Waals surface area contributed by atoms with Gasteiger partial charge in [0.05, 0.1) is 5.69 Å². The molecular formula is C18H18Cl2FN3O. The Bertz CT molecular complexity index is 816. The highest BCUT2D eigenvalue weighted by molar-refractivity contribution is 6.41. The van der Waals surface area contributed by atoms with E-state index in [0.29, 0.717) is 10.7 Å². The van der Waals surface area contributed by atoms with Crippen molar-refractivity contribution in [2.75, 3.05) is 5.43 Å². The molecule has 2 rings (SSSR count). The number of benzene rings is 2. The standard InChI is InChI=1S/C18H18Cl2FN3O/c1-18(2,3)16(25)17(22-15-8-7-12(20)10-14(15)21)24-23-13-6-4-5-11(19)9-13/h4-10,23H,1-3H3,(H,22,24). The Morgan fingerprint density at radius 1 is 1.08 bits per heavy atom. The van der Waals surface area contributed by atoms with Crippen molar-refractivity contribution in [2.45, 2.75) is 20.8 Å². The number of aliphatic imine (C=N–C) groups is 1. The second kappa shape index (κ2) is 7.85. The van der Waals surface area contributed by atoms with Crippen molar-refractivity contribution in [1.82, 2.24) is 5.43 Å². The molecule has 0 aliphatic heterocycles. The average molecular weight is 382 g/mol. The zero-order valence-corrected chi connectivity index (χ0v) is 15.5. The van der Waals surface area contributed by atoms with Crippen molar-refractivity contribution in [2.24, 2.45) is 10.4 Å². The number of halogens is 3. The van der Waals surface area contributed by atoms with Crippen LogP contribution in [0, 0.1) is 11.2 Å². The summed E-state index contributed by atoms with van der Waals surface area (Å²) in [5.41, 5.74) is 5.55. The van der Waals surface area contributed by atoms with Crippen molar-refractivity contribution in [3.63, 3.8) is 0 Å². The zero-order chi connectivity index (χ0) is 18.6. The highest BCUT2D eigenvalue weighted by Crippen LogP contribution is 2.23. The molecule has 4 nitrogen and oxygen atoms in total. The molecule has 2 aromatic rings. The molecule has 0 fully saturated rings. The van der Waals surface area contributed by atoms with Crippen molar-refractivity contribution in [3.05, 3.63) is 58.3 Å². The number of ketones is 1. The number of hydrogen-bond acceptors (Lipinski definition) is 3. The lowest BCUT2D eigenvalue weighted by Crippen LogP contribution is -2.41. The maximum atomic E-state index is 14.0. The summed E-state index contributed by atoms with van der Waals surface area (Å²) >= 11 is 11.7. The number of nitrogens with one attached hydrogen (secondary N) is 2. The van der Waals surface area contributed by atoms with Crippen LogP contribution in [0.1, 0.15) is 20.8 Å². The summed E-state index contributed by atoms with van der Waals surface area (Å²) in [7, 11) is 0. The smallest absolute Gasteiger partial charge is 0.204 e. The second-order valence-corrected chi connectivity index (χ2v) is 7.27. The summed E-state index contributed by atoms with van der Waals surface area (Å²) < 4.78 is 14.0. The molecule has 0 aliphatic rings. The van der Waals surface area contributed by atoms with Gasteiger partial charge in [-0.1, -0.05) is 50.0 Å². The quantitative estimate of drug-likeness (QED) is 0.423. The zero-order valence-electron chi connectivity index (χ0n) is 14.0. The Balaban J connectivity index is 2.32. The van der Waals surface area contributed by atoms with E-state index in [0.717, 1.165) is 6.07 Å². The van der Waals surface area contributed by atoms with E-state index < -0.39 is 11.2 Å². The third kappa shape index (κ3) is 5.44. The van der Waals surface area contributed by atoms with Crippen molar-refractivity contribution in [3.8, 4) is 0 Å². The molecule has 0 unspecified atom stereocenters. The lowest BCUT2D eigenvalue weighted by atomic mass is 9.90. The summed E-state index contributed by atoms with van der Waals surface area (Å²) in [5.74, 6) is -0.915. The van der Waals surface area contributed by atoms with Gasteiger partial charge >= 0.3 is 0 Å². The molecule has 132 valence electrons. The molecule has 0 aliphatic carbocycles. The fourth-order valence-corrected chi connectivity index (χ4v) is 2.23. The number of amidine groups is 1. The molecular weight excluding hydrogens is 364 g/mol. The summed E-state index contributed by atoms with van der Waals surface area (Å²) in [4.78, 5) is 16.8. The van der Waals surface area contributed by atoms with Gasteiger partial charge in [-0.05, 0) is 36.4 Å². The summed E-state index contributed by atoms with van der Waals surface area (Å²) in [6.07, 6.45) is 0. The maximum absolute atomic E-state index is 14.0. The Labute approximate surface area is 156 Å². The second-order valence-electron chi connectivity index (χ2n) is 6.40. The first-order valence-corrected chi connectivity index (χ1v) is 8.28. The van der Waals surface area contributed by atoms with Crippen LogP contribution in [-0.2, 0) is 4.79 Å². The molecule has 2 aromatic carbocycles. The molecule has 7 heteroatoms. The highest BCUT2D eigenvalue weighted by Gasteiger charge is 2.27. The van der Waals surface area contributed by atoms with Gasteiger partial charge in [-0.15, -0.1) is 0 Å². The van der Waals surface area contributed by atoms with Crippen LogP contribution < -0.4 is 10.9 Å². The monoisotopic (exact) mass is 381 g/mol. The number of hydrogen-bond donors (Lipinski definition) is 2. The summed E-state index contributed by atoms with van der Waals surface area (Å²) in [6.45, 7) is 5.26.